The van der Waals surface area contributed by atoms with Crippen LogP contribution in [0.2, 0.25) is 5.02 Å². The fourth-order valence-corrected chi connectivity index (χ4v) is 4.57. The number of benzene rings is 3. The fourth-order valence-electron chi connectivity index (χ4n) is 4.33. The van der Waals surface area contributed by atoms with Crippen LogP contribution in [0.25, 0.3) is 5.76 Å². The zero-order valence-electron chi connectivity index (χ0n) is 20.4. The van der Waals surface area contributed by atoms with Gasteiger partial charge in [-0.3, -0.25) is 14.5 Å². The number of anilines is 1. The van der Waals surface area contributed by atoms with Gasteiger partial charge in [-0.25, -0.2) is 0 Å². The number of amides is 1. The third-order valence-electron chi connectivity index (χ3n) is 5.94. The Balaban J connectivity index is 1.99. The van der Waals surface area contributed by atoms with Gasteiger partial charge in [-0.05, 0) is 37.6 Å². The lowest BCUT2D eigenvalue weighted by Gasteiger charge is -2.26. The van der Waals surface area contributed by atoms with E-state index in [9.17, 15) is 14.7 Å². The van der Waals surface area contributed by atoms with Gasteiger partial charge in [0.25, 0.3) is 11.7 Å². The molecule has 1 saturated heterocycles. The molecule has 8 heteroatoms. The van der Waals surface area contributed by atoms with E-state index < -0.39 is 23.5 Å². The quantitative estimate of drug-likeness (QED) is 0.251. The minimum absolute atomic E-state index is 0.0740. The maximum atomic E-state index is 13.5. The van der Waals surface area contributed by atoms with Crippen LogP contribution in [0.4, 0.5) is 5.69 Å². The summed E-state index contributed by atoms with van der Waals surface area (Å²) in [5, 5.41) is 11.8. The van der Waals surface area contributed by atoms with Crippen LogP contribution in [-0.4, -0.2) is 37.6 Å². The molecule has 36 heavy (non-hydrogen) atoms. The average Bonchev–Trinajstić information content (AvgIpc) is 3.14. The predicted molar refractivity (Wildman–Crippen MR) is 138 cm³/mol. The number of aliphatic hydroxyl groups excluding tert-OH is 1. The van der Waals surface area contributed by atoms with Gasteiger partial charge in [0, 0.05) is 17.8 Å². The third kappa shape index (κ3) is 4.50. The van der Waals surface area contributed by atoms with Crippen molar-refractivity contribution >= 4 is 34.7 Å². The van der Waals surface area contributed by atoms with E-state index in [0.29, 0.717) is 23.6 Å². The number of halogens is 1. The number of hydrogen-bond donors (Lipinski definition) is 1. The van der Waals surface area contributed by atoms with Crippen LogP contribution in [0.1, 0.15) is 29.7 Å². The highest BCUT2D eigenvalue weighted by Crippen LogP contribution is 2.45. The molecule has 1 unspecified atom stereocenters. The number of carbonyl (C=O) groups excluding carboxylic acids is 2. The second-order valence-electron chi connectivity index (χ2n) is 8.20. The lowest BCUT2D eigenvalue weighted by Crippen LogP contribution is -2.29. The molecule has 1 N–H and O–H groups in total. The number of aryl methyl sites for hydroxylation is 1. The number of aliphatic hydroxyl groups is 1. The molecule has 3 aromatic rings. The normalized spacial score (nSPS) is 16.8. The number of methoxy groups -OCH3 is 2. The highest BCUT2D eigenvalue weighted by atomic mass is 35.5. The number of rotatable bonds is 7. The molecule has 0 bridgehead atoms. The monoisotopic (exact) mass is 507 g/mol. The molecule has 1 aliphatic rings. The number of ether oxygens (including phenoxy) is 3. The van der Waals surface area contributed by atoms with Gasteiger partial charge in [0.05, 0.1) is 43.0 Å². The smallest absolute Gasteiger partial charge is 0.300 e. The highest BCUT2D eigenvalue weighted by molar-refractivity contribution is 6.51. The summed E-state index contributed by atoms with van der Waals surface area (Å²) in [5.41, 5.74) is 2.17. The SMILES string of the molecule is CCOc1cccc(N2C(=O)C(=O)/C(=C(/O)c3cc(OC)c(Cl)cc3OC)C2c2cccc(C)c2)c1. The Bertz CT molecular complexity index is 1370. The molecule has 7 nitrogen and oxygen atoms in total. The molecule has 186 valence electrons. The summed E-state index contributed by atoms with van der Waals surface area (Å²) < 4.78 is 16.3. The van der Waals surface area contributed by atoms with Crippen molar-refractivity contribution in [1.29, 1.82) is 0 Å². The van der Waals surface area contributed by atoms with E-state index in [4.69, 9.17) is 25.8 Å². The molecule has 1 atom stereocenters. The van der Waals surface area contributed by atoms with Crippen molar-refractivity contribution in [3.8, 4) is 17.2 Å². The number of Topliss-reactive ketones (excluding diaryl/α,β-unsaturated/α-hetero) is 1. The van der Waals surface area contributed by atoms with Crippen LogP contribution in [0, 0.1) is 6.92 Å². The Morgan fingerprint density at radius 3 is 2.39 bits per heavy atom. The summed E-state index contributed by atoms with van der Waals surface area (Å²) in [6.45, 7) is 4.22. The average molecular weight is 508 g/mol. The van der Waals surface area contributed by atoms with Gasteiger partial charge in [0.15, 0.2) is 0 Å². The van der Waals surface area contributed by atoms with Crippen LogP contribution < -0.4 is 19.1 Å². The Labute approximate surface area is 214 Å². The first-order valence-corrected chi connectivity index (χ1v) is 11.7. The summed E-state index contributed by atoms with van der Waals surface area (Å²) in [5.74, 6) is -0.914. The second-order valence-corrected chi connectivity index (χ2v) is 8.61. The third-order valence-corrected chi connectivity index (χ3v) is 6.23. The summed E-state index contributed by atoms with van der Waals surface area (Å²) in [7, 11) is 2.86. The molecular formula is C28H26ClNO6. The van der Waals surface area contributed by atoms with Crippen molar-refractivity contribution in [2.24, 2.45) is 0 Å². The van der Waals surface area contributed by atoms with Gasteiger partial charge >= 0.3 is 0 Å². The molecule has 1 aliphatic heterocycles. The first-order chi connectivity index (χ1) is 17.3. The van der Waals surface area contributed by atoms with Crippen molar-refractivity contribution < 1.29 is 28.9 Å². The second kappa shape index (κ2) is 10.3. The fraction of sp³-hybridized carbons (Fsp3) is 0.214. The van der Waals surface area contributed by atoms with E-state index in [0.717, 1.165) is 5.56 Å². The molecule has 0 aromatic heterocycles. The molecular weight excluding hydrogens is 482 g/mol. The first kappa shape index (κ1) is 25.1. The van der Waals surface area contributed by atoms with Crippen LogP contribution in [0.5, 0.6) is 17.2 Å². The molecule has 1 heterocycles. The molecule has 4 rings (SSSR count). The van der Waals surface area contributed by atoms with E-state index in [1.165, 1.54) is 31.3 Å². The molecule has 1 amide bonds. The maximum Gasteiger partial charge on any atom is 0.300 e. The molecule has 3 aromatic carbocycles. The minimum Gasteiger partial charge on any atom is -0.507 e. The van der Waals surface area contributed by atoms with Gasteiger partial charge in [0.1, 0.15) is 23.0 Å². The topological polar surface area (TPSA) is 85.3 Å². The highest BCUT2D eigenvalue weighted by Gasteiger charge is 2.47. The lowest BCUT2D eigenvalue weighted by atomic mass is 9.94. The van der Waals surface area contributed by atoms with Crippen molar-refractivity contribution in [1.82, 2.24) is 0 Å². The Kier molecular flexibility index (Phi) is 7.22. The van der Waals surface area contributed by atoms with E-state index in [2.05, 4.69) is 0 Å². The van der Waals surface area contributed by atoms with E-state index in [1.54, 1.807) is 24.3 Å². The Hall–Kier alpha value is -3.97. The van der Waals surface area contributed by atoms with Crippen molar-refractivity contribution in [2.75, 3.05) is 25.7 Å². The van der Waals surface area contributed by atoms with Crippen LogP contribution in [0.3, 0.4) is 0 Å². The molecule has 0 radical (unpaired) electrons. The van der Waals surface area contributed by atoms with Crippen LogP contribution in [0.15, 0.2) is 66.2 Å². The zero-order valence-corrected chi connectivity index (χ0v) is 21.1. The molecule has 1 fully saturated rings. The first-order valence-electron chi connectivity index (χ1n) is 11.3. The maximum absolute atomic E-state index is 13.5. The number of nitrogens with zero attached hydrogens (tertiary/aromatic N) is 1. The van der Waals surface area contributed by atoms with Crippen LogP contribution >= 0.6 is 11.6 Å². The molecule has 0 aliphatic carbocycles. The van der Waals surface area contributed by atoms with Crippen molar-refractivity contribution in [2.45, 2.75) is 19.9 Å². The largest absolute Gasteiger partial charge is 0.507 e. The number of carbonyl (C=O) groups is 2. The van der Waals surface area contributed by atoms with Crippen molar-refractivity contribution in [3.63, 3.8) is 0 Å². The van der Waals surface area contributed by atoms with Crippen LogP contribution in [-0.2, 0) is 9.59 Å². The Morgan fingerprint density at radius 1 is 1.00 bits per heavy atom. The minimum atomic E-state index is -0.895. The summed E-state index contributed by atoms with van der Waals surface area (Å²) >= 11 is 6.24. The standard InChI is InChI=1S/C28H26ClNO6/c1-5-36-19-11-7-10-18(13-19)30-25(17-9-6-8-16(2)12-17)24(27(32)28(30)33)26(31)20-14-23(35-4)21(29)15-22(20)34-3/h6-15,25,31H,5H2,1-4H3/b26-24+. The zero-order chi connectivity index (χ0) is 26.0. The summed E-state index contributed by atoms with van der Waals surface area (Å²) in [4.78, 5) is 28.3. The summed E-state index contributed by atoms with van der Waals surface area (Å²) in [6, 6.07) is 16.5. The predicted octanol–water partition coefficient (Wildman–Crippen LogP) is 5.69. The van der Waals surface area contributed by atoms with E-state index in [-0.39, 0.29) is 27.7 Å². The lowest BCUT2D eigenvalue weighted by molar-refractivity contribution is -0.132. The summed E-state index contributed by atoms with van der Waals surface area (Å²) in [6.07, 6.45) is 0. The van der Waals surface area contributed by atoms with E-state index >= 15 is 0 Å². The van der Waals surface area contributed by atoms with Gasteiger partial charge in [-0.15, -0.1) is 0 Å². The van der Waals surface area contributed by atoms with Gasteiger partial charge in [-0.1, -0.05) is 47.5 Å². The molecule has 0 saturated carbocycles. The van der Waals surface area contributed by atoms with Gasteiger partial charge in [-0.2, -0.15) is 0 Å². The number of ketones is 1. The Morgan fingerprint density at radius 2 is 1.72 bits per heavy atom. The molecule has 0 spiro atoms. The van der Waals surface area contributed by atoms with Crippen molar-refractivity contribution in [3.05, 3.63) is 87.9 Å². The van der Waals surface area contributed by atoms with Gasteiger partial charge < -0.3 is 19.3 Å². The van der Waals surface area contributed by atoms with Gasteiger partial charge in [0.2, 0.25) is 0 Å². The van der Waals surface area contributed by atoms with E-state index in [1.807, 2.05) is 38.1 Å². The number of hydrogen-bond acceptors (Lipinski definition) is 6.